The van der Waals surface area contributed by atoms with Crippen molar-refractivity contribution in [3.63, 3.8) is 0 Å². The summed E-state index contributed by atoms with van der Waals surface area (Å²) in [6.45, 7) is 1.87. The molecule has 21 heavy (non-hydrogen) atoms. The van der Waals surface area contributed by atoms with Crippen molar-refractivity contribution < 1.29 is 29.0 Å². The number of carbonyl (C=O) groups is 2. The second-order valence-corrected chi connectivity index (χ2v) is 4.09. The molecule has 1 aromatic carbocycles. The molecule has 1 unspecified atom stereocenters. The van der Waals surface area contributed by atoms with Crippen LogP contribution in [0, 0.1) is 0 Å². The minimum atomic E-state index is -1.72. The molecule has 7 heteroatoms. The van der Waals surface area contributed by atoms with Gasteiger partial charge in [-0.15, -0.1) is 0 Å². The molecular weight excluding hydrogens is 278 g/mol. The van der Waals surface area contributed by atoms with Crippen molar-refractivity contribution >= 4 is 11.9 Å². The van der Waals surface area contributed by atoms with Crippen LogP contribution in [0.3, 0.4) is 0 Å². The highest BCUT2D eigenvalue weighted by Gasteiger charge is 2.33. The predicted molar refractivity (Wildman–Crippen MR) is 72.8 cm³/mol. The molecule has 0 radical (unpaired) electrons. The van der Waals surface area contributed by atoms with Gasteiger partial charge in [-0.2, -0.15) is 0 Å². The number of benzene rings is 1. The first-order chi connectivity index (χ1) is 10.1. The summed E-state index contributed by atoms with van der Waals surface area (Å²) in [5.41, 5.74) is 2.91. The number of hydrogen-bond acceptors (Lipinski definition) is 6. The molecule has 0 aromatic heterocycles. The number of amides is 1. The van der Waals surface area contributed by atoms with Gasteiger partial charge in [0, 0.05) is 7.11 Å². The molecule has 0 fully saturated rings. The van der Waals surface area contributed by atoms with Gasteiger partial charge >= 0.3 is 5.97 Å². The maximum absolute atomic E-state index is 11.7. The minimum absolute atomic E-state index is 0.123. The number of methoxy groups -OCH3 is 1. The monoisotopic (exact) mass is 297 g/mol. The number of hydroxylamine groups is 1. The van der Waals surface area contributed by atoms with Crippen molar-refractivity contribution in [1.82, 2.24) is 5.48 Å². The number of aliphatic hydroxyl groups is 1. The number of nitrogens with one attached hydrogen (secondary N) is 1. The Kier molecular flexibility index (Phi) is 7.38. The number of aliphatic hydroxyl groups excluding tert-OH is 1. The number of esters is 1. The fraction of sp³-hybridized carbons (Fsp3) is 0.429. The predicted octanol–water partition coefficient (Wildman–Crippen LogP) is 0.173. The summed E-state index contributed by atoms with van der Waals surface area (Å²) in [7, 11) is 1.20. The van der Waals surface area contributed by atoms with Crippen molar-refractivity contribution in [2.24, 2.45) is 0 Å². The zero-order valence-electron chi connectivity index (χ0n) is 11.9. The van der Waals surface area contributed by atoms with Gasteiger partial charge in [-0.1, -0.05) is 30.3 Å². The second-order valence-electron chi connectivity index (χ2n) is 4.09. The first-order valence-corrected chi connectivity index (χ1v) is 6.43. The first-order valence-electron chi connectivity index (χ1n) is 6.43. The molecule has 0 spiro atoms. The zero-order chi connectivity index (χ0) is 15.7. The highest BCUT2D eigenvalue weighted by atomic mass is 16.7. The average molecular weight is 297 g/mol. The van der Waals surface area contributed by atoms with E-state index in [4.69, 9.17) is 14.3 Å². The van der Waals surface area contributed by atoms with E-state index in [0.717, 1.165) is 5.56 Å². The zero-order valence-corrected chi connectivity index (χ0v) is 11.9. The third-order valence-electron chi connectivity index (χ3n) is 2.58. The van der Waals surface area contributed by atoms with Gasteiger partial charge < -0.3 is 14.6 Å². The molecule has 1 rings (SSSR count). The number of ether oxygens (including phenoxy) is 2. The van der Waals surface area contributed by atoms with Gasteiger partial charge in [0.1, 0.15) is 0 Å². The van der Waals surface area contributed by atoms with E-state index in [1.165, 1.54) is 7.11 Å². The highest BCUT2D eigenvalue weighted by Crippen LogP contribution is 2.03. The lowest BCUT2D eigenvalue weighted by Crippen LogP contribution is -2.47. The second kappa shape index (κ2) is 9.06. The fourth-order valence-electron chi connectivity index (χ4n) is 1.54. The van der Waals surface area contributed by atoms with E-state index in [0.29, 0.717) is 0 Å². The summed E-state index contributed by atoms with van der Waals surface area (Å²) in [6.07, 6.45) is -3.12. The van der Waals surface area contributed by atoms with Crippen LogP contribution in [0.2, 0.25) is 0 Å². The third kappa shape index (κ3) is 5.50. The van der Waals surface area contributed by atoms with Gasteiger partial charge in [0.05, 0.1) is 13.2 Å². The van der Waals surface area contributed by atoms with Crippen molar-refractivity contribution in [3.8, 4) is 0 Å². The van der Waals surface area contributed by atoms with Gasteiger partial charge in [-0.3, -0.25) is 9.63 Å². The van der Waals surface area contributed by atoms with E-state index in [1.807, 2.05) is 30.3 Å². The van der Waals surface area contributed by atoms with Gasteiger partial charge in [0.2, 0.25) is 0 Å². The van der Waals surface area contributed by atoms with E-state index in [-0.39, 0.29) is 13.2 Å². The van der Waals surface area contributed by atoms with Gasteiger partial charge in [0.25, 0.3) is 5.91 Å². The molecule has 2 N–H and O–H groups in total. The number of rotatable bonds is 8. The van der Waals surface area contributed by atoms with Gasteiger partial charge in [0.15, 0.2) is 12.2 Å². The standard InChI is InChI=1S/C14H19NO6/c1-3-20-14(18)12(19-2)11(16)13(17)15-21-9-10-7-5-4-6-8-10/h4-8,11-12,16H,3,9H2,1-2H3,(H,15,17)/t11?,12-/m1/s1. The van der Waals surface area contributed by atoms with Crippen molar-refractivity contribution in [3.05, 3.63) is 35.9 Å². The topological polar surface area (TPSA) is 94.1 Å². The molecular formula is C14H19NO6. The van der Waals surface area contributed by atoms with Gasteiger partial charge in [-0.05, 0) is 12.5 Å². The van der Waals surface area contributed by atoms with Crippen LogP contribution in [0.4, 0.5) is 0 Å². The molecule has 116 valence electrons. The molecule has 2 atom stereocenters. The Morgan fingerprint density at radius 2 is 1.95 bits per heavy atom. The summed E-state index contributed by atoms with van der Waals surface area (Å²) in [5, 5.41) is 9.75. The first kappa shape index (κ1) is 17.1. The lowest BCUT2D eigenvalue weighted by Gasteiger charge is -2.19. The Morgan fingerprint density at radius 1 is 1.29 bits per heavy atom. The largest absolute Gasteiger partial charge is 0.464 e. The van der Waals surface area contributed by atoms with Crippen LogP contribution in [0.1, 0.15) is 12.5 Å². The molecule has 0 heterocycles. The lowest BCUT2D eigenvalue weighted by atomic mass is 10.2. The lowest BCUT2D eigenvalue weighted by molar-refractivity contribution is -0.170. The Labute approximate surface area is 122 Å². The summed E-state index contributed by atoms with van der Waals surface area (Å²) in [6, 6.07) is 9.15. The van der Waals surface area contributed by atoms with E-state index < -0.39 is 24.1 Å². The molecule has 1 aromatic rings. The van der Waals surface area contributed by atoms with E-state index in [9.17, 15) is 14.7 Å². The van der Waals surface area contributed by atoms with Crippen LogP contribution in [0.15, 0.2) is 30.3 Å². The van der Waals surface area contributed by atoms with Crippen LogP contribution < -0.4 is 5.48 Å². The Bertz CT molecular complexity index is 450. The van der Waals surface area contributed by atoms with Crippen LogP contribution in [-0.2, 0) is 30.5 Å². The number of carbonyl (C=O) groups excluding carboxylic acids is 2. The Balaban J connectivity index is 2.44. The summed E-state index contributed by atoms with van der Waals surface area (Å²) in [5.74, 6) is -1.70. The van der Waals surface area contributed by atoms with Gasteiger partial charge in [-0.25, -0.2) is 10.3 Å². The van der Waals surface area contributed by atoms with Crippen LogP contribution in [-0.4, -0.2) is 42.9 Å². The van der Waals surface area contributed by atoms with E-state index >= 15 is 0 Å². The van der Waals surface area contributed by atoms with E-state index in [1.54, 1.807) is 6.92 Å². The Morgan fingerprint density at radius 3 is 2.52 bits per heavy atom. The molecule has 0 bridgehead atoms. The molecule has 1 amide bonds. The smallest absolute Gasteiger partial charge is 0.338 e. The quantitative estimate of drug-likeness (QED) is 0.525. The average Bonchev–Trinajstić information content (AvgIpc) is 2.49. The highest BCUT2D eigenvalue weighted by molar-refractivity contribution is 5.87. The van der Waals surface area contributed by atoms with E-state index in [2.05, 4.69) is 5.48 Å². The molecule has 0 saturated heterocycles. The molecule has 0 aliphatic carbocycles. The van der Waals surface area contributed by atoms with Crippen molar-refractivity contribution in [2.45, 2.75) is 25.7 Å². The molecule has 0 aliphatic rings. The summed E-state index contributed by atoms with van der Waals surface area (Å²) < 4.78 is 9.47. The summed E-state index contributed by atoms with van der Waals surface area (Å²) >= 11 is 0. The van der Waals surface area contributed by atoms with Crippen LogP contribution in [0.25, 0.3) is 0 Å². The third-order valence-corrected chi connectivity index (χ3v) is 2.58. The van der Waals surface area contributed by atoms with Crippen molar-refractivity contribution in [2.75, 3.05) is 13.7 Å². The number of hydrogen-bond donors (Lipinski definition) is 2. The summed E-state index contributed by atoms with van der Waals surface area (Å²) in [4.78, 5) is 28.1. The molecule has 7 nitrogen and oxygen atoms in total. The maximum Gasteiger partial charge on any atom is 0.338 e. The van der Waals surface area contributed by atoms with Crippen LogP contribution in [0.5, 0.6) is 0 Å². The fourth-order valence-corrected chi connectivity index (χ4v) is 1.54. The van der Waals surface area contributed by atoms with Crippen LogP contribution >= 0.6 is 0 Å². The van der Waals surface area contributed by atoms with Crippen molar-refractivity contribution in [1.29, 1.82) is 0 Å². The maximum atomic E-state index is 11.7. The Hall–Kier alpha value is -1.96. The SMILES string of the molecule is CCOC(=O)[C@H](OC)C(O)C(=O)NOCc1ccccc1. The molecule has 0 saturated carbocycles. The normalized spacial score (nSPS) is 13.3. The minimum Gasteiger partial charge on any atom is -0.464 e. The molecule has 0 aliphatic heterocycles.